The van der Waals surface area contributed by atoms with Crippen LogP contribution in [0, 0.1) is 0 Å². The number of rotatable bonds is 3. The third kappa shape index (κ3) is 1.93. The molecular weight excluding hydrogens is 178 g/mol. The molecule has 3 heteroatoms. The molecule has 1 aromatic carbocycles. The summed E-state index contributed by atoms with van der Waals surface area (Å²) in [4.78, 5) is 12.7. The predicted octanol–water partition coefficient (Wildman–Crippen LogP) is 2.09. The summed E-state index contributed by atoms with van der Waals surface area (Å²) in [5.41, 5.74) is 1.89. The number of nitrogens with zero attached hydrogens (tertiary/aromatic N) is 1. The number of carboxylic acids is 1. The summed E-state index contributed by atoms with van der Waals surface area (Å²) in [6.45, 7) is 3.59. The average Bonchev–Trinajstić information content (AvgIpc) is 2.16. The molecule has 0 saturated heterocycles. The highest BCUT2D eigenvalue weighted by atomic mass is 16.4. The van der Waals surface area contributed by atoms with E-state index in [-0.39, 0.29) is 5.56 Å². The molecule has 74 valence electrons. The lowest BCUT2D eigenvalue weighted by atomic mass is 10.1. The summed E-state index contributed by atoms with van der Waals surface area (Å²) in [5, 5.41) is 8.86. The SMILES string of the molecule is C=Cc1cc(N(C)C)ccc1C(=O)O. The molecule has 3 nitrogen and oxygen atoms in total. The molecule has 0 amide bonds. The molecule has 0 aromatic heterocycles. The van der Waals surface area contributed by atoms with E-state index in [1.165, 1.54) is 0 Å². The van der Waals surface area contributed by atoms with E-state index in [2.05, 4.69) is 6.58 Å². The Morgan fingerprint density at radius 2 is 2.14 bits per heavy atom. The van der Waals surface area contributed by atoms with Gasteiger partial charge in [0.1, 0.15) is 0 Å². The molecule has 0 bridgehead atoms. The van der Waals surface area contributed by atoms with Crippen LogP contribution in [-0.4, -0.2) is 25.2 Å². The Kier molecular flexibility index (Phi) is 2.92. The van der Waals surface area contributed by atoms with E-state index in [9.17, 15) is 4.79 Å². The minimum Gasteiger partial charge on any atom is -0.478 e. The van der Waals surface area contributed by atoms with Crippen molar-refractivity contribution in [1.29, 1.82) is 0 Å². The second-order valence-electron chi connectivity index (χ2n) is 3.18. The van der Waals surface area contributed by atoms with Gasteiger partial charge in [-0.15, -0.1) is 0 Å². The summed E-state index contributed by atoms with van der Waals surface area (Å²) in [7, 11) is 3.81. The van der Waals surface area contributed by atoms with Gasteiger partial charge in [-0.3, -0.25) is 0 Å². The van der Waals surface area contributed by atoms with Crippen LogP contribution in [0.2, 0.25) is 0 Å². The Bertz CT molecular complexity index is 370. The molecule has 0 spiro atoms. The molecule has 1 N–H and O–H groups in total. The van der Waals surface area contributed by atoms with E-state index in [0.29, 0.717) is 5.56 Å². The van der Waals surface area contributed by atoms with Gasteiger partial charge in [0.2, 0.25) is 0 Å². The smallest absolute Gasteiger partial charge is 0.336 e. The Morgan fingerprint density at radius 1 is 1.50 bits per heavy atom. The lowest BCUT2D eigenvalue weighted by Gasteiger charge is -2.13. The number of aromatic carboxylic acids is 1. The third-order valence-electron chi connectivity index (χ3n) is 2.00. The van der Waals surface area contributed by atoms with Crippen molar-refractivity contribution < 1.29 is 9.90 Å². The lowest BCUT2D eigenvalue weighted by molar-refractivity contribution is 0.0696. The first-order chi connectivity index (χ1) is 6.56. The fourth-order valence-electron chi connectivity index (χ4n) is 1.19. The maximum atomic E-state index is 10.8. The fourth-order valence-corrected chi connectivity index (χ4v) is 1.19. The van der Waals surface area contributed by atoms with Gasteiger partial charge in [0, 0.05) is 19.8 Å². The van der Waals surface area contributed by atoms with Gasteiger partial charge < -0.3 is 10.0 Å². The number of hydrogen-bond acceptors (Lipinski definition) is 2. The monoisotopic (exact) mass is 191 g/mol. The van der Waals surface area contributed by atoms with Gasteiger partial charge in [0.05, 0.1) is 5.56 Å². The highest BCUT2D eigenvalue weighted by molar-refractivity contribution is 5.92. The minimum absolute atomic E-state index is 0.283. The first kappa shape index (κ1) is 10.3. The zero-order chi connectivity index (χ0) is 10.7. The van der Waals surface area contributed by atoms with Gasteiger partial charge in [-0.2, -0.15) is 0 Å². The first-order valence-corrected chi connectivity index (χ1v) is 4.23. The maximum absolute atomic E-state index is 10.8. The van der Waals surface area contributed by atoms with Crippen molar-refractivity contribution in [2.75, 3.05) is 19.0 Å². The van der Waals surface area contributed by atoms with Crippen LogP contribution in [0.25, 0.3) is 6.08 Å². The van der Waals surface area contributed by atoms with Crippen LogP contribution >= 0.6 is 0 Å². The Hall–Kier alpha value is -1.77. The fraction of sp³-hybridized carbons (Fsp3) is 0.182. The van der Waals surface area contributed by atoms with Crippen LogP contribution < -0.4 is 4.90 Å². The number of hydrogen-bond donors (Lipinski definition) is 1. The molecule has 0 aliphatic heterocycles. The summed E-state index contributed by atoms with van der Waals surface area (Å²) in [5.74, 6) is -0.926. The minimum atomic E-state index is -0.926. The Balaban J connectivity index is 3.25. The molecule has 0 aliphatic rings. The van der Waals surface area contributed by atoms with Crippen LogP contribution in [0.3, 0.4) is 0 Å². The predicted molar refractivity (Wildman–Crippen MR) is 57.8 cm³/mol. The first-order valence-electron chi connectivity index (χ1n) is 4.23. The van der Waals surface area contributed by atoms with Crippen LogP contribution in [0.5, 0.6) is 0 Å². The topological polar surface area (TPSA) is 40.5 Å². The van der Waals surface area contributed by atoms with Crippen molar-refractivity contribution in [2.24, 2.45) is 0 Å². The quantitative estimate of drug-likeness (QED) is 0.795. The summed E-state index contributed by atoms with van der Waals surface area (Å²) >= 11 is 0. The van der Waals surface area contributed by atoms with Gasteiger partial charge in [-0.25, -0.2) is 4.79 Å². The van der Waals surface area contributed by atoms with Crippen LogP contribution in [-0.2, 0) is 0 Å². The largest absolute Gasteiger partial charge is 0.478 e. The van der Waals surface area contributed by atoms with Crippen molar-refractivity contribution in [3.63, 3.8) is 0 Å². The zero-order valence-electron chi connectivity index (χ0n) is 8.32. The molecule has 0 atom stereocenters. The molecule has 0 fully saturated rings. The van der Waals surface area contributed by atoms with E-state index in [1.54, 1.807) is 24.3 Å². The average molecular weight is 191 g/mol. The lowest BCUT2D eigenvalue weighted by Crippen LogP contribution is -2.09. The van der Waals surface area contributed by atoms with Crippen molar-refractivity contribution >= 4 is 17.7 Å². The molecule has 1 aromatic rings. The van der Waals surface area contributed by atoms with Gasteiger partial charge in [0.15, 0.2) is 0 Å². The zero-order valence-corrected chi connectivity index (χ0v) is 8.32. The number of benzene rings is 1. The van der Waals surface area contributed by atoms with E-state index >= 15 is 0 Å². The molecule has 1 rings (SSSR count). The number of carboxylic acid groups (broad SMARTS) is 1. The molecule has 0 heterocycles. The molecule has 0 saturated carbocycles. The van der Waals surface area contributed by atoms with E-state index in [1.807, 2.05) is 19.0 Å². The molecule has 0 aliphatic carbocycles. The van der Waals surface area contributed by atoms with Crippen molar-refractivity contribution in [1.82, 2.24) is 0 Å². The second-order valence-corrected chi connectivity index (χ2v) is 3.18. The van der Waals surface area contributed by atoms with Crippen LogP contribution in [0.1, 0.15) is 15.9 Å². The maximum Gasteiger partial charge on any atom is 0.336 e. The molecular formula is C11H13NO2. The second kappa shape index (κ2) is 3.96. The van der Waals surface area contributed by atoms with Crippen molar-refractivity contribution in [2.45, 2.75) is 0 Å². The summed E-state index contributed by atoms with van der Waals surface area (Å²) in [6, 6.07) is 5.17. The van der Waals surface area contributed by atoms with Crippen LogP contribution in [0.15, 0.2) is 24.8 Å². The summed E-state index contributed by atoms with van der Waals surface area (Å²) < 4.78 is 0. The van der Waals surface area contributed by atoms with Crippen LogP contribution in [0.4, 0.5) is 5.69 Å². The van der Waals surface area contributed by atoms with Gasteiger partial charge in [0.25, 0.3) is 0 Å². The van der Waals surface area contributed by atoms with Crippen molar-refractivity contribution in [3.8, 4) is 0 Å². The van der Waals surface area contributed by atoms with Gasteiger partial charge in [-0.1, -0.05) is 12.7 Å². The highest BCUT2D eigenvalue weighted by Crippen LogP contribution is 2.18. The summed E-state index contributed by atoms with van der Waals surface area (Å²) in [6.07, 6.45) is 1.55. The Labute approximate surface area is 83.3 Å². The third-order valence-corrected chi connectivity index (χ3v) is 2.00. The molecule has 14 heavy (non-hydrogen) atoms. The molecule has 0 unspecified atom stereocenters. The highest BCUT2D eigenvalue weighted by Gasteiger charge is 2.08. The van der Waals surface area contributed by atoms with Gasteiger partial charge in [-0.05, 0) is 23.8 Å². The van der Waals surface area contributed by atoms with Gasteiger partial charge >= 0.3 is 5.97 Å². The van der Waals surface area contributed by atoms with E-state index in [0.717, 1.165) is 5.69 Å². The standard InChI is InChI=1S/C11H13NO2/c1-4-8-7-9(12(2)3)5-6-10(8)11(13)14/h4-7H,1H2,2-3H3,(H,13,14). The molecule has 0 radical (unpaired) electrons. The van der Waals surface area contributed by atoms with E-state index in [4.69, 9.17) is 5.11 Å². The Morgan fingerprint density at radius 3 is 2.57 bits per heavy atom. The van der Waals surface area contributed by atoms with Crippen molar-refractivity contribution in [3.05, 3.63) is 35.9 Å². The number of carbonyl (C=O) groups is 1. The van der Waals surface area contributed by atoms with E-state index < -0.39 is 5.97 Å². The number of anilines is 1. The normalized spacial score (nSPS) is 9.57.